The molecule has 0 heterocycles. The molecular weight excluding hydrogens is 264 g/mol. The fourth-order valence-corrected chi connectivity index (χ4v) is 2.76. The van der Waals surface area contributed by atoms with Crippen molar-refractivity contribution < 1.29 is 13.2 Å². The summed E-state index contributed by atoms with van der Waals surface area (Å²) in [5, 5.41) is 2.59. The van der Waals surface area contributed by atoms with Crippen LogP contribution in [0.4, 0.5) is 5.69 Å². The Hall–Kier alpha value is -1.40. The van der Waals surface area contributed by atoms with Crippen LogP contribution in [0, 0.1) is 5.92 Å². The molecule has 106 valence electrons. The molecule has 0 aliphatic heterocycles. The van der Waals surface area contributed by atoms with Crippen LogP contribution in [0.15, 0.2) is 29.2 Å². The van der Waals surface area contributed by atoms with Crippen LogP contribution in [0.5, 0.6) is 0 Å². The van der Waals surface area contributed by atoms with Gasteiger partial charge >= 0.3 is 0 Å². The zero-order valence-corrected chi connectivity index (χ0v) is 12.4. The van der Waals surface area contributed by atoms with Crippen molar-refractivity contribution in [3.05, 3.63) is 24.3 Å². The first-order chi connectivity index (χ1) is 8.72. The van der Waals surface area contributed by atoms with Crippen LogP contribution in [-0.2, 0) is 14.8 Å². The molecule has 0 aromatic heterocycles. The van der Waals surface area contributed by atoms with Gasteiger partial charge in [-0.25, -0.2) is 13.1 Å². The van der Waals surface area contributed by atoms with E-state index in [-0.39, 0.29) is 22.8 Å². The SMILES string of the molecule is CC(=O)Nc1ccc(S(=O)(=O)N[C@@H](C)C(C)C)cc1. The van der Waals surface area contributed by atoms with Gasteiger partial charge in [-0.3, -0.25) is 4.79 Å². The largest absolute Gasteiger partial charge is 0.326 e. The van der Waals surface area contributed by atoms with Crippen LogP contribution in [0.3, 0.4) is 0 Å². The molecule has 1 rings (SSSR count). The maximum absolute atomic E-state index is 12.1. The minimum atomic E-state index is -3.51. The van der Waals surface area contributed by atoms with E-state index in [0.717, 1.165) is 0 Å². The van der Waals surface area contributed by atoms with Gasteiger partial charge in [0, 0.05) is 18.7 Å². The topological polar surface area (TPSA) is 75.3 Å². The lowest BCUT2D eigenvalue weighted by molar-refractivity contribution is -0.114. The quantitative estimate of drug-likeness (QED) is 0.868. The molecule has 1 amide bonds. The van der Waals surface area contributed by atoms with Gasteiger partial charge in [0.15, 0.2) is 0 Å². The van der Waals surface area contributed by atoms with E-state index >= 15 is 0 Å². The van der Waals surface area contributed by atoms with Crippen LogP contribution in [0.2, 0.25) is 0 Å². The number of anilines is 1. The zero-order chi connectivity index (χ0) is 14.6. The number of hydrogen-bond donors (Lipinski definition) is 2. The van der Waals surface area contributed by atoms with Crippen molar-refractivity contribution in [2.24, 2.45) is 5.92 Å². The molecule has 0 aliphatic carbocycles. The minimum absolute atomic E-state index is 0.139. The molecule has 0 aliphatic rings. The van der Waals surface area contributed by atoms with Gasteiger partial charge in [0.2, 0.25) is 15.9 Å². The van der Waals surface area contributed by atoms with Gasteiger partial charge < -0.3 is 5.32 Å². The average molecular weight is 284 g/mol. The Morgan fingerprint density at radius 2 is 1.63 bits per heavy atom. The second kappa shape index (κ2) is 6.16. The summed E-state index contributed by atoms with van der Waals surface area (Å²) in [6.45, 7) is 7.13. The Morgan fingerprint density at radius 3 is 2.05 bits per heavy atom. The lowest BCUT2D eigenvalue weighted by atomic mass is 10.1. The summed E-state index contributed by atoms with van der Waals surface area (Å²) in [7, 11) is -3.51. The highest BCUT2D eigenvalue weighted by atomic mass is 32.2. The van der Waals surface area contributed by atoms with Crippen LogP contribution in [-0.4, -0.2) is 20.4 Å². The predicted octanol–water partition coefficient (Wildman–Crippen LogP) is 1.97. The third kappa shape index (κ3) is 4.65. The van der Waals surface area contributed by atoms with E-state index in [2.05, 4.69) is 10.0 Å². The molecule has 1 aromatic carbocycles. The van der Waals surface area contributed by atoms with Gasteiger partial charge in [-0.1, -0.05) is 13.8 Å². The summed E-state index contributed by atoms with van der Waals surface area (Å²) in [5.74, 6) is 0.0237. The molecule has 2 N–H and O–H groups in total. The summed E-state index contributed by atoms with van der Waals surface area (Å²) in [5.41, 5.74) is 0.573. The second-order valence-corrected chi connectivity index (χ2v) is 6.57. The number of amides is 1. The fraction of sp³-hybridized carbons (Fsp3) is 0.462. The number of nitrogens with one attached hydrogen (secondary N) is 2. The van der Waals surface area contributed by atoms with Crippen molar-refractivity contribution in [1.29, 1.82) is 0 Å². The molecule has 0 saturated carbocycles. The highest BCUT2D eigenvalue weighted by Crippen LogP contribution is 2.15. The lowest BCUT2D eigenvalue weighted by Gasteiger charge is -2.17. The van der Waals surface area contributed by atoms with E-state index in [1.807, 2.05) is 20.8 Å². The first-order valence-corrected chi connectivity index (χ1v) is 7.60. The van der Waals surface area contributed by atoms with Crippen molar-refractivity contribution in [3.63, 3.8) is 0 Å². The number of hydrogen-bond acceptors (Lipinski definition) is 3. The summed E-state index contributed by atoms with van der Waals surface area (Å²) in [4.78, 5) is 11.1. The predicted molar refractivity (Wildman–Crippen MR) is 75.4 cm³/mol. The lowest BCUT2D eigenvalue weighted by Crippen LogP contribution is -2.36. The van der Waals surface area contributed by atoms with Crippen LogP contribution >= 0.6 is 0 Å². The van der Waals surface area contributed by atoms with Crippen molar-refractivity contribution in [2.45, 2.75) is 38.6 Å². The van der Waals surface area contributed by atoms with Gasteiger partial charge in [-0.2, -0.15) is 0 Å². The van der Waals surface area contributed by atoms with Crippen molar-refractivity contribution in [2.75, 3.05) is 5.32 Å². The maximum Gasteiger partial charge on any atom is 0.240 e. The van der Waals surface area contributed by atoms with Gasteiger partial charge in [-0.05, 0) is 37.1 Å². The molecule has 1 atom stereocenters. The Morgan fingerprint density at radius 1 is 1.11 bits per heavy atom. The number of carbonyl (C=O) groups excluding carboxylic acids is 1. The second-order valence-electron chi connectivity index (χ2n) is 4.86. The Bertz CT molecular complexity index is 536. The number of benzene rings is 1. The third-order valence-corrected chi connectivity index (χ3v) is 4.40. The molecule has 0 radical (unpaired) electrons. The summed E-state index contributed by atoms with van der Waals surface area (Å²) >= 11 is 0. The molecule has 19 heavy (non-hydrogen) atoms. The fourth-order valence-electron chi connectivity index (χ4n) is 1.37. The van der Waals surface area contributed by atoms with Crippen LogP contribution in [0.25, 0.3) is 0 Å². The van der Waals surface area contributed by atoms with Gasteiger partial charge in [0.1, 0.15) is 0 Å². The normalized spacial score (nSPS) is 13.3. The smallest absolute Gasteiger partial charge is 0.240 e. The first-order valence-electron chi connectivity index (χ1n) is 6.12. The third-order valence-electron chi connectivity index (χ3n) is 2.83. The zero-order valence-electron chi connectivity index (χ0n) is 11.6. The van der Waals surface area contributed by atoms with E-state index in [9.17, 15) is 13.2 Å². The highest BCUT2D eigenvalue weighted by Gasteiger charge is 2.18. The minimum Gasteiger partial charge on any atom is -0.326 e. The molecule has 0 fully saturated rings. The van der Waals surface area contributed by atoms with E-state index in [1.54, 1.807) is 12.1 Å². The molecule has 1 aromatic rings. The number of sulfonamides is 1. The van der Waals surface area contributed by atoms with Gasteiger partial charge in [0.25, 0.3) is 0 Å². The molecule has 0 unspecified atom stereocenters. The number of rotatable bonds is 5. The van der Waals surface area contributed by atoms with E-state index in [4.69, 9.17) is 0 Å². The molecule has 0 spiro atoms. The van der Waals surface area contributed by atoms with Gasteiger partial charge in [0.05, 0.1) is 4.90 Å². The monoisotopic (exact) mass is 284 g/mol. The summed E-state index contributed by atoms with van der Waals surface area (Å²) in [6, 6.07) is 5.94. The van der Waals surface area contributed by atoms with Crippen LogP contribution in [0.1, 0.15) is 27.7 Å². The van der Waals surface area contributed by atoms with E-state index in [0.29, 0.717) is 5.69 Å². The number of carbonyl (C=O) groups is 1. The Labute approximate surface area is 114 Å². The highest BCUT2D eigenvalue weighted by molar-refractivity contribution is 7.89. The Kier molecular flexibility index (Phi) is 5.08. The van der Waals surface area contributed by atoms with Gasteiger partial charge in [-0.15, -0.1) is 0 Å². The van der Waals surface area contributed by atoms with Crippen molar-refractivity contribution >= 4 is 21.6 Å². The van der Waals surface area contributed by atoms with Crippen LogP contribution < -0.4 is 10.0 Å². The molecule has 0 saturated heterocycles. The van der Waals surface area contributed by atoms with Crippen molar-refractivity contribution in [3.8, 4) is 0 Å². The average Bonchev–Trinajstić information content (AvgIpc) is 2.28. The molecule has 5 nitrogen and oxygen atoms in total. The molecule has 6 heteroatoms. The van der Waals surface area contributed by atoms with E-state index in [1.165, 1.54) is 19.1 Å². The molecule has 0 bridgehead atoms. The standard InChI is InChI=1S/C13H20N2O3S/c1-9(2)10(3)15-19(17,18)13-7-5-12(6-8-13)14-11(4)16/h5-10,15H,1-4H3,(H,14,16)/t10-/m0/s1. The first kappa shape index (κ1) is 15.7. The Balaban J connectivity index is 2.87. The maximum atomic E-state index is 12.1. The molecular formula is C13H20N2O3S. The van der Waals surface area contributed by atoms with Crippen molar-refractivity contribution in [1.82, 2.24) is 4.72 Å². The summed E-state index contributed by atoms with van der Waals surface area (Å²) < 4.78 is 26.8. The van der Waals surface area contributed by atoms with E-state index < -0.39 is 10.0 Å². The summed E-state index contributed by atoms with van der Waals surface area (Å²) in [6.07, 6.45) is 0.